The van der Waals surface area contributed by atoms with Gasteiger partial charge in [0.2, 0.25) is 0 Å². The van der Waals surface area contributed by atoms with E-state index in [1.165, 1.54) is 18.6 Å². The van der Waals surface area contributed by atoms with E-state index in [1.807, 2.05) is 11.8 Å². The lowest BCUT2D eigenvalue weighted by Gasteiger charge is -2.18. The van der Waals surface area contributed by atoms with E-state index in [9.17, 15) is 0 Å². The fraction of sp³-hybridized carbons (Fsp3) is 0.857. The van der Waals surface area contributed by atoms with Gasteiger partial charge in [0.05, 0.1) is 11.7 Å². The van der Waals surface area contributed by atoms with E-state index in [0.29, 0.717) is 4.75 Å². The minimum Gasteiger partial charge on any atom is -0.231 e. The van der Waals surface area contributed by atoms with E-state index in [1.54, 1.807) is 0 Å². The number of aliphatic imine (C=N–C) groups is 1. The summed E-state index contributed by atoms with van der Waals surface area (Å²) in [6.07, 6.45) is 2.60. The highest BCUT2D eigenvalue weighted by Crippen LogP contribution is 2.37. The molecule has 1 heterocycles. The molecule has 1 nitrogen and oxygen atoms in total. The van der Waals surface area contributed by atoms with E-state index in [0.717, 1.165) is 6.54 Å². The molecule has 0 bridgehead atoms. The molecule has 0 aromatic heterocycles. The van der Waals surface area contributed by atoms with Crippen molar-refractivity contribution in [3.63, 3.8) is 0 Å². The number of hydrogen-bond acceptors (Lipinski definition) is 3. The number of hydrogen-bond donors (Lipinski definition) is 0. The van der Waals surface area contributed by atoms with Gasteiger partial charge in [0.1, 0.15) is 0 Å². The van der Waals surface area contributed by atoms with Crippen LogP contribution in [0.4, 0.5) is 0 Å². The summed E-state index contributed by atoms with van der Waals surface area (Å²) in [5.74, 6) is 1.28. The van der Waals surface area contributed by atoms with E-state index in [-0.39, 0.29) is 0 Å². The molecule has 3 heteroatoms. The van der Waals surface area contributed by atoms with E-state index in [2.05, 4.69) is 29.3 Å². The summed E-state index contributed by atoms with van der Waals surface area (Å²) in [4.78, 5) is 3.97. The van der Waals surface area contributed by atoms with Crippen LogP contribution in [-0.4, -0.2) is 22.2 Å². The average Bonchev–Trinajstić information content (AvgIpc) is 2.33. The van der Waals surface area contributed by atoms with E-state index in [4.69, 9.17) is 0 Å². The van der Waals surface area contributed by atoms with Crippen LogP contribution in [-0.2, 0) is 0 Å². The molecule has 1 atom stereocenters. The predicted octanol–water partition coefficient (Wildman–Crippen LogP) is 2.37. The van der Waals surface area contributed by atoms with Gasteiger partial charge in [-0.05, 0) is 37.7 Å². The second-order valence-corrected chi connectivity index (χ2v) is 4.67. The Morgan fingerprint density at radius 3 is 3.10 bits per heavy atom. The predicted molar refractivity (Wildman–Crippen MR) is 50.0 cm³/mol. The molecule has 0 radical (unpaired) electrons. The van der Waals surface area contributed by atoms with Gasteiger partial charge in [-0.1, -0.05) is 0 Å². The van der Waals surface area contributed by atoms with E-state index < -0.39 is 0 Å². The summed E-state index contributed by atoms with van der Waals surface area (Å²) in [5, 5.41) is 2.41. The summed E-state index contributed by atoms with van der Waals surface area (Å²) in [6.45, 7) is 3.10. The van der Waals surface area contributed by atoms with Crippen molar-refractivity contribution in [2.75, 3.05) is 12.3 Å². The molecule has 1 aliphatic rings. The zero-order valence-corrected chi connectivity index (χ0v) is 7.73. The van der Waals surface area contributed by atoms with Gasteiger partial charge in [0.15, 0.2) is 0 Å². The van der Waals surface area contributed by atoms with Crippen LogP contribution in [0, 0.1) is 0 Å². The Kier molecular flexibility index (Phi) is 2.90. The molecular weight excluding hydrogens is 162 g/mol. The molecule has 0 aromatic rings. The standard InChI is InChI=1S/C7H11NS2/c1-7(5-8-6-9)3-2-4-10-7/h2-5H2,1H3. The topological polar surface area (TPSA) is 12.4 Å². The highest BCUT2D eigenvalue weighted by atomic mass is 32.2. The van der Waals surface area contributed by atoms with Crippen LogP contribution in [0.25, 0.3) is 0 Å². The zero-order valence-electron chi connectivity index (χ0n) is 6.09. The maximum Gasteiger partial charge on any atom is 0.0637 e. The van der Waals surface area contributed by atoms with Gasteiger partial charge in [0, 0.05) is 4.75 Å². The van der Waals surface area contributed by atoms with Crippen LogP contribution in [0.2, 0.25) is 0 Å². The summed E-state index contributed by atoms with van der Waals surface area (Å²) in [6, 6.07) is 0. The van der Waals surface area contributed by atoms with Crippen molar-refractivity contribution < 1.29 is 0 Å². The van der Waals surface area contributed by atoms with Crippen LogP contribution in [0.5, 0.6) is 0 Å². The fourth-order valence-electron chi connectivity index (χ4n) is 1.16. The van der Waals surface area contributed by atoms with Gasteiger partial charge in [-0.2, -0.15) is 11.8 Å². The smallest absolute Gasteiger partial charge is 0.0637 e. The Morgan fingerprint density at radius 1 is 1.80 bits per heavy atom. The fourth-order valence-corrected chi connectivity index (χ4v) is 2.45. The van der Waals surface area contributed by atoms with Crippen LogP contribution in [0.1, 0.15) is 19.8 Å². The zero-order chi connectivity index (χ0) is 7.45. The SMILES string of the molecule is CC1(CN=C=S)CCCS1. The molecule has 0 amide bonds. The Morgan fingerprint density at radius 2 is 2.60 bits per heavy atom. The Labute approximate surface area is 71.3 Å². The van der Waals surface area contributed by atoms with Crippen molar-refractivity contribution >= 4 is 29.1 Å². The minimum absolute atomic E-state index is 0.367. The molecule has 0 saturated carbocycles. The second-order valence-electron chi connectivity index (χ2n) is 2.81. The molecule has 0 N–H and O–H groups in total. The third-order valence-electron chi connectivity index (χ3n) is 1.78. The molecule has 0 aromatic carbocycles. The first kappa shape index (κ1) is 8.25. The van der Waals surface area contributed by atoms with Crippen molar-refractivity contribution in [2.24, 2.45) is 4.99 Å². The highest BCUT2D eigenvalue weighted by molar-refractivity contribution is 8.00. The Hall–Kier alpha value is 0.150. The number of thioether (sulfide) groups is 1. The largest absolute Gasteiger partial charge is 0.231 e. The summed E-state index contributed by atoms with van der Waals surface area (Å²) in [5.41, 5.74) is 0. The average molecular weight is 173 g/mol. The number of nitrogens with zero attached hydrogens (tertiary/aromatic N) is 1. The molecule has 10 heavy (non-hydrogen) atoms. The third kappa shape index (κ3) is 2.08. The second kappa shape index (κ2) is 3.51. The lowest BCUT2D eigenvalue weighted by molar-refractivity contribution is 0.621. The molecule has 1 unspecified atom stereocenters. The maximum atomic E-state index is 4.51. The molecule has 1 aliphatic heterocycles. The Balaban J connectivity index is 2.42. The lowest BCUT2D eigenvalue weighted by atomic mass is 10.1. The van der Waals surface area contributed by atoms with Crippen LogP contribution >= 0.6 is 24.0 Å². The summed E-state index contributed by atoms with van der Waals surface area (Å²) >= 11 is 6.51. The summed E-state index contributed by atoms with van der Waals surface area (Å²) < 4.78 is 0.367. The quantitative estimate of drug-likeness (QED) is 0.469. The first-order chi connectivity index (χ1) is 4.77. The van der Waals surface area contributed by atoms with Crippen LogP contribution in [0.15, 0.2) is 4.99 Å². The molecule has 1 saturated heterocycles. The van der Waals surface area contributed by atoms with Crippen molar-refractivity contribution in [3.05, 3.63) is 0 Å². The van der Waals surface area contributed by atoms with Gasteiger partial charge in [0.25, 0.3) is 0 Å². The van der Waals surface area contributed by atoms with Crippen molar-refractivity contribution in [3.8, 4) is 0 Å². The molecular formula is C7H11NS2. The molecule has 0 spiro atoms. The third-order valence-corrected chi connectivity index (χ3v) is 3.43. The maximum absolute atomic E-state index is 4.51. The Bertz CT molecular complexity index is 155. The summed E-state index contributed by atoms with van der Waals surface area (Å²) in [7, 11) is 0. The lowest BCUT2D eigenvalue weighted by Crippen LogP contribution is -2.19. The van der Waals surface area contributed by atoms with Crippen LogP contribution in [0.3, 0.4) is 0 Å². The molecule has 1 rings (SSSR count). The van der Waals surface area contributed by atoms with Gasteiger partial charge in [-0.3, -0.25) is 0 Å². The van der Waals surface area contributed by atoms with Crippen molar-refractivity contribution in [1.29, 1.82) is 0 Å². The normalized spacial score (nSPS) is 31.7. The first-order valence-electron chi connectivity index (χ1n) is 3.44. The molecule has 0 aliphatic carbocycles. The number of thiocarbonyl (C=S) groups is 1. The minimum atomic E-state index is 0.367. The van der Waals surface area contributed by atoms with E-state index >= 15 is 0 Å². The van der Waals surface area contributed by atoms with Crippen LogP contribution < -0.4 is 0 Å². The van der Waals surface area contributed by atoms with Gasteiger partial charge >= 0.3 is 0 Å². The molecule has 56 valence electrons. The highest BCUT2D eigenvalue weighted by Gasteiger charge is 2.28. The number of isothiocyanates is 1. The van der Waals surface area contributed by atoms with Crippen molar-refractivity contribution in [1.82, 2.24) is 0 Å². The first-order valence-corrected chi connectivity index (χ1v) is 4.84. The monoisotopic (exact) mass is 173 g/mol. The van der Waals surface area contributed by atoms with Gasteiger partial charge in [-0.25, -0.2) is 4.99 Å². The van der Waals surface area contributed by atoms with Gasteiger partial charge in [-0.15, -0.1) is 0 Å². The molecule has 1 fully saturated rings. The van der Waals surface area contributed by atoms with Crippen molar-refractivity contribution in [2.45, 2.75) is 24.5 Å². The number of rotatable bonds is 2. The van der Waals surface area contributed by atoms with Gasteiger partial charge < -0.3 is 0 Å².